The maximum atomic E-state index is 13.5. The second-order valence-corrected chi connectivity index (χ2v) is 10.4. The second kappa shape index (κ2) is 13.2. The van der Waals surface area contributed by atoms with Crippen molar-refractivity contribution in [3.8, 4) is 11.5 Å². The molecule has 0 saturated heterocycles. The Hall–Kier alpha value is -3.82. The van der Waals surface area contributed by atoms with Crippen molar-refractivity contribution >= 4 is 17.5 Å². The summed E-state index contributed by atoms with van der Waals surface area (Å²) in [6, 6.07) is 12.3. The van der Waals surface area contributed by atoms with Gasteiger partial charge in [0, 0.05) is 31.2 Å². The van der Waals surface area contributed by atoms with Gasteiger partial charge in [-0.1, -0.05) is 24.3 Å². The van der Waals surface area contributed by atoms with E-state index in [0.717, 1.165) is 43.4 Å². The lowest BCUT2D eigenvalue weighted by Crippen LogP contribution is -2.17. The number of halogens is 4. The molecule has 1 heterocycles. The topological polar surface area (TPSA) is 86.5 Å². The number of hydrogen-bond acceptors (Lipinski definition) is 6. The van der Waals surface area contributed by atoms with Crippen molar-refractivity contribution < 1.29 is 41.1 Å². The van der Waals surface area contributed by atoms with Gasteiger partial charge in [0.15, 0.2) is 11.5 Å². The van der Waals surface area contributed by atoms with E-state index in [1.165, 1.54) is 24.8 Å². The molecule has 10 heteroatoms. The lowest BCUT2D eigenvalue weighted by Gasteiger charge is -2.28. The normalized spacial score (nSPS) is 17.3. The fourth-order valence-electron chi connectivity index (χ4n) is 5.22. The van der Waals surface area contributed by atoms with Gasteiger partial charge in [0.05, 0.1) is 7.11 Å². The Bertz CT molecular complexity index is 1350. The Morgan fingerprint density at radius 3 is 2.22 bits per heavy atom. The minimum Gasteiger partial charge on any atom is -0.469 e. The molecule has 0 spiro atoms. The molecule has 4 rings (SSSR count). The van der Waals surface area contributed by atoms with E-state index in [2.05, 4.69) is 4.98 Å². The van der Waals surface area contributed by atoms with Gasteiger partial charge in [-0.2, -0.15) is 13.2 Å². The van der Waals surface area contributed by atoms with Crippen LogP contribution in [0.1, 0.15) is 84.7 Å². The van der Waals surface area contributed by atoms with E-state index in [0.29, 0.717) is 18.3 Å². The Morgan fingerprint density at radius 1 is 0.951 bits per heavy atom. The van der Waals surface area contributed by atoms with Gasteiger partial charge in [-0.15, -0.1) is 0 Å². The van der Waals surface area contributed by atoms with Gasteiger partial charge in [0.2, 0.25) is 11.7 Å². The fraction of sp³-hybridized carbons (Fsp3) is 0.419. The maximum Gasteiger partial charge on any atom is 0.452 e. The summed E-state index contributed by atoms with van der Waals surface area (Å²) in [5, 5.41) is 0. The molecular weight excluding hydrogens is 542 g/mol. The molecule has 1 saturated carbocycles. The lowest BCUT2D eigenvalue weighted by atomic mass is 9.77. The molecule has 0 amide bonds. The van der Waals surface area contributed by atoms with Crippen molar-refractivity contribution in [1.82, 2.24) is 4.98 Å². The number of benzene rings is 2. The first kappa shape index (κ1) is 30.1. The molecule has 0 radical (unpaired) electrons. The Balaban J connectivity index is 1.27. The number of rotatable bonds is 11. The van der Waals surface area contributed by atoms with Gasteiger partial charge in [0.1, 0.15) is 11.6 Å². The van der Waals surface area contributed by atoms with Crippen LogP contribution in [0.5, 0.6) is 0 Å². The van der Waals surface area contributed by atoms with Crippen LogP contribution in [0, 0.1) is 11.7 Å². The van der Waals surface area contributed by atoms with Crippen LogP contribution in [0.15, 0.2) is 52.9 Å². The number of ether oxygens (including phenoxy) is 1. The van der Waals surface area contributed by atoms with E-state index in [4.69, 9.17) is 9.15 Å². The number of alkyl halides is 3. The molecule has 41 heavy (non-hydrogen) atoms. The molecule has 0 atom stereocenters. The largest absolute Gasteiger partial charge is 0.469 e. The van der Waals surface area contributed by atoms with Crippen LogP contribution < -0.4 is 0 Å². The number of aromatic nitrogens is 1. The molecule has 0 bridgehead atoms. The number of Topliss-reactive ketones (excluding diaryl/α,β-unsaturated/α-hetero) is 2. The molecule has 218 valence electrons. The van der Waals surface area contributed by atoms with Crippen LogP contribution >= 0.6 is 0 Å². The van der Waals surface area contributed by atoms with Gasteiger partial charge in [-0.05, 0) is 79.3 Å². The van der Waals surface area contributed by atoms with E-state index in [1.54, 1.807) is 0 Å². The zero-order valence-electron chi connectivity index (χ0n) is 22.6. The number of methoxy groups -OCH3 is 1. The Morgan fingerprint density at radius 2 is 1.61 bits per heavy atom. The molecule has 3 aromatic rings. The highest BCUT2D eigenvalue weighted by Crippen LogP contribution is 2.38. The van der Waals surface area contributed by atoms with Gasteiger partial charge in [-0.3, -0.25) is 14.4 Å². The van der Waals surface area contributed by atoms with Crippen molar-refractivity contribution in [3.05, 3.63) is 76.9 Å². The van der Waals surface area contributed by atoms with Crippen molar-refractivity contribution in [2.24, 2.45) is 5.92 Å². The van der Waals surface area contributed by atoms with Crippen molar-refractivity contribution in [1.29, 1.82) is 0 Å². The van der Waals surface area contributed by atoms with Crippen molar-refractivity contribution in [2.75, 3.05) is 7.11 Å². The second-order valence-electron chi connectivity index (χ2n) is 10.4. The average Bonchev–Trinajstić information content (AvgIpc) is 3.41. The van der Waals surface area contributed by atoms with E-state index in [1.807, 2.05) is 24.3 Å². The summed E-state index contributed by atoms with van der Waals surface area (Å²) in [6.45, 7) is 0. The summed E-state index contributed by atoms with van der Waals surface area (Å²) < 4.78 is 63.3. The number of nitrogens with zero attached hydrogens (tertiary/aromatic N) is 1. The van der Waals surface area contributed by atoms with E-state index in [-0.39, 0.29) is 43.0 Å². The van der Waals surface area contributed by atoms with E-state index < -0.39 is 35.1 Å². The third-order valence-electron chi connectivity index (χ3n) is 7.48. The molecule has 6 nitrogen and oxygen atoms in total. The minimum absolute atomic E-state index is 0.0295. The molecule has 1 aliphatic carbocycles. The average molecular weight is 574 g/mol. The summed E-state index contributed by atoms with van der Waals surface area (Å²) >= 11 is 0. The van der Waals surface area contributed by atoms with Gasteiger partial charge < -0.3 is 9.15 Å². The number of oxazole rings is 1. The molecular formula is C31H31F4NO5. The lowest BCUT2D eigenvalue weighted by molar-refractivity contribution is -0.153. The SMILES string of the molecule is COC(=O)CC1CCC(c2ccc(CC(=O)CCCC(=O)c3nc(-c4ccc(F)cc4)oc3C(F)(F)F)cc2)CC1. The number of ketones is 2. The molecule has 1 fully saturated rings. The quantitative estimate of drug-likeness (QED) is 0.134. The summed E-state index contributed by atoms with van der Waals surface area (Å²) in [6.07, 6.45) is -0.634. The van der Waals surface area contributed by atoms with Crippen LogP contribution in [0.3, 0.4) is 0 Å². The molecule has 0 aliphatic heterocycles. The summed E-state index contributed by atoms with van der Waals surface area (Å²) in [4.78, 5) is 40.4. The van der Waals surface area contributed by atoms with Crippen LogP contribution in [0.2, 0.25) is 0 Å². The van der Waals surface area contributed by atoms with Gasteiger partial charge in [-0.25, -0.2) is 9.37 Å². The van der Waals surface area contributed by atoms with Crippen LogP contribution in [0.4, 0.5) is 17.6 Å². The molecule has 1 aromatic heterocycles. The number of carbonyl (C=O) groups excluding carboxylic acids is 3. The summed E-state index contributed by atoms with van der Waals surface area (Å²) in [5.41, 5.74) is 1.27. The first-order valence-corrected chi connectivity index (χ1v) is 13.6. The Kier molecular flexibility index (Phi) is 9.73. The van der Waals surface area contributed by atoms with Crippen LogP contribution in [-0.4, -0.2) is 29.6 Å². The predicted octanol–water partition coefficient (Wildman–Crippen LogP) is 7.50. The van der Waals surface area contributed by atoms with Crippen LogP contribution in [-0.2, 0) is 26.9 Å². The standard InChI is InChI=1S/C31H31F4NO5/c1-40-27(39)18-20-7-11-22(12-8-20)21-9-5-19(6-10-21)17-25(37)3-2-4-26(38)28-29(31(33,34)35)41-30(36-28)23-13-15-24(32)16-14-23/h5-6,9-10,13-16,20,22H,2-4,7-8,11-12,17-18H2,1H3. The molecule has 1 aliphatic rings. The number of carbonyl (C=O) groups is 3. The monoisotopic (exact) mass is 573 g/mol. The highest BCUT2D eigenvalue weighted by Gasteiger charge is 2.41. The molecule has 0 unspecified atom stereocenters. The first-order chi connectivity index (χ1) is 19.5. The van der Waals surface area contributed by atoms with E-state index >= 15 is 0 Å². The minimum atomic E-state index is -4.94. The summed E-state index contributed by atoms with van der Waals surface area (Å²) in [7, 11) is 1.40. The number of esters is 1. The smallest absolute Gasteiger partial charge is 0.452 e. The summed E-state index contributed by atoms with van der Waals surface area (Å²) in [5.74, 6) is -2.95. The highest BCUT2D eigenvalue weighted by atomic mass is 19.4. The zero-order chi connectivity index (χ0) is 29.6. The van der Waals surface area contributed by atoms with Gasteiger partial charge >= 0.3 is 12.1 Å². The van der Waals surface area contributed by atoms with Gasteiger partial charge in [0.25, 0.3) is 0 Å². The maximum absolute atomic E-state index is 13.5. The first-order valence-electron chi connectivity index (χ1n) is 13.6. The third kappa shape index (κ3) is 8.11. The van der Waals surface area contributed by atoms with E-state index in [9.17, 15) is 31.9 Å². The van der Waals surface area contributed by atoms with Crippen LogP contribution in [0.25, 0.3) is 11.5 Å². The number of hydrogen-bond donors (Lipinski definition) is 0. The Labute approximate surface area is 235 Å². The highest BCUT2D eigenvalue weighted by molar-refractivity contribution is 5.96. The van der Waals surface area contributed by atoms with Crippen molar-refractivity contribution in [3.63, 3.8) is 0 Å². The molecule has 2 aromatic carbocycles. The fourth-order valence-corrected chi connectivity index (χ4v) is 5.22. The predicted molar refractivity (Wildman–Crippen MR) is 142 cm³/mol. The molecule has 0 N–H and O–H groups in total. The zero-order valence-corrected chi connectivity index (χ0v) is 22.6. The third-order valence-corrected chi connectivity index (χ3v) is 7.48. The van der Waals surface area contributed by atoms with Crippen molar-refractivity contribution in [2.45, 2.75) is 69.9 Å².